The molecular weight excluding hydrogens is 457 g/mol. The molecular formula is C24H30FN5O5. The Kier molecular flexibility index (Phi) is 8.56. The maximum absolute atomic E-state index is 13.0. The molecule has 0 saturated heterocycles. The molecule has 0 spiro atoms. The van der Waals surface area contributed by atoms with Crippen LogP contribution in [0.4, 0.5) is 10.1 Å². The lowest BCUT2D eigenvalue weighted by molar-refractivity contribution is -0.147. The standard InChI is InChI=1S/C24H30FN5O5/c1-4-5-12-29-22-21(23(33)28-24(29)34)30(13-15(2)3)18(27-22)10-11-20(32)35-14-19(31)26-17-8-6-16(25)7-9-17/h6-9,15H,4-5,10-14H2,1-3H3,(H,26,31)(H,28,33,34). The highest BCUT2D eigenvalue weighted by Gasteiger charge is 2.20. The summed E-state index contributed by atoms with van der Waals surface area (Å²) in [5.74, 6) is -0.920. The third-order valence-corrected chi connectivity index (χ3v) is 5.29. The molecule has 1 amide bonds. The van der Waals surface area contributed by atoms with E-state index in [9.17, 15) is 23.6 Å². The van der Waals surface area contributed by atoms with Crippen LogP contribution in [0.2, 0.25) is 0 Å². The summed E-state index contributed by atoms with van der Waals surface area (Å²) in [5, 5.41) is 2.51. The van der Waals surface area contributed by atoms with Gasteiger partial charge in [-0.1, -0.05) is 27.2 Å². The first-order valence-electron chi connectivity index (χ1n) is 11.6. The van der Waals surface area contributed by atoms with Crippen LogP contribution in [0.15, 0.2) is 33.9 Å². The van der Waals surface area contributed by atoms with E-state index in [1.165, 1.54) is 28.8 Å². The van der Waals surface area contributed by atoms with Crippen LogP contribution in [-0.4, -0.2) is 37.6 Å². The molecule has 0 saturated carbocycles. The van der Waals surface area contributed by atoms with Crippen molar-refractivity contribution in [3.8, 4) is 0 Å². The summed E-state index contributed by atoms with van der Waals surface area (Å²) in [6, 6.07) is 5.21. The van der Waals surface area contributed by atoms with Crippen molar-refractivity contribution < 1.29 is 18.7 Å². The van der Waals surface area contributed by atoms with Crippen molar-refractivity contribution in [3.63, 3.8) is 0 Å². The van der Waals surface area contributed by atoms with Crippen molar-refractivity contribution in [1.29, 1.82) is 0 Å². The molecule has 0 radical (unpaired) electrons. The highest BCUT2D eigenvalue weighted by molar-refractivity contribution is 5.92. The number of carbonyl (C=O) groups excluding carboxylic acids is 2. The van der Waals surface area contributed by atoms with E-state index in [-0.39, 0.29) is 18.8 Å². The Hall–Kier alpha value is -3.76. The van der Waals surface area contributed by atoms with Crippen molar-refractivity contribution in [2.75, 3.05) is 11.9 Å². The monoisotopic (exact) mass is 487 g/mol. The van der Waals surface area contributed by atoms with E-state index in [0.717, 1.165) is 12.8 Å². The van der Waals surface area contributed by atoms with Crippen LogP contribution in [0, 0.1) is 11.7 Å². The average molecular weight is 488 g/mol. The van der Waals surface area contributed by atoms with Gasteiger partial charge in [0.25, 0.3) is 11.5 Å². The molecule has 35 heavy (non-hydrogen) atoms. The molecule has 3 rings (SSSR count). The number of H-pyrrole nitrogens is 1. The minimum atomic E-state index is -0.611. The van der Waals surface area contributed by atoms with E-state index >= 15 is 0 Å². The number of fused-ring (bicyclic) bond motifs is 1. The van der Waals surface area contributed by atoms with Gasteiger partial charge in [0, 0.05) is 25.2 Å². The lowest BCUT2D eigenvalue weighted by Crippen LogP contribution is -2.31. The van der Waals surface area contributed by atoms with E-state index in [0.29, 0.717) is 35.8 Å². The summed E-state index contributed by atoms with van der Waals surface area (Å²) in [6.45, 7) is 6.40. The number of hydrogen-bond acceptors (Lipinski definition) is 6. The number of nitrogens with zero attached hydrogens (tertiary/aromatic N) is 3. The number of esters is 1. The zero-order valence-electron chi connectivity index (χ0n) is 20.1. The molecule has 1 aromatic carbocycles. The number of hydrogen-bond donors (Lipinski definition) is 2. The number of carbonyl (C=O) groups is 2. The SMILES string of the molecule is CCCCn1c(=O)[nH]c(=O)c2c1nc(CCC(=O)OCC(=O)Nc1ccc(F)cc1)n2CC(C)C. The first kappa shape index (κ1) is 25.9. The van der Waals surface area contributed by atoms with E-state index in [1.807, 2.05) is 20.8 Å². The quantitative estimate of drug-likeness (QED) is 0.400. The van der Waals surface area contributed by atoms with Crippen molar-refractivity contribution in [1.82, 2.24) is 19.1 Å². The second kappa shape index (κ2) is 11.6. The van der Waals surface area contributed by atoms with Crippen LogP contribution in [0.5, 0.6) is 0 Å². The molecule has 10 nitrogen and oxygen atoms in total. The highest BCUT2D eigenvalue weighted by atomic mass is 19.1. The molecule has 0 aliphatic rings. The van der Waals surface area contributed by atoms with Crippen molar-refractivity contribution in [2.24, 2.45) is 5.92 Å². The summed E-state index contributed by atoms with van der Waals surface area (Å²) < 4.78 is 21.2. The van der Waals surface area contributed by atoms with Gasteiger partial charge in [0.1, 0.15) is 11.6 Å². The molecule has 0 atom stereocenters. The number of aromatic nitrogens is 4. The minimum Gasteiger partial charge on any atom is -0.456 e. The Labute approximate surface area is 201 Å². The van der Waals surface area contributed by atoms with Crippen molar-refractivity contribution in [2.45, 2.75) is 59.5 Å². The number of imidazole rings is 1. The number of rotatable bonds is 11. The van der Waals surface area contributed by atoms with Crippen LogP contribution >= 0.6 is 0 Å². The summed E-state index contributed by atoms with van der Waals surface area (Å²) in [4.78, 5) is 56.2. The molecule has 0 bridgehead atoms. The zero-order chi connectivity index (χ0) is 25.5. The number of amides is 1. The number of anilines is 1. The summed E-state index contributed by atoms with van der Waals surface area (Å²) >= 11 is 0. The van der Waals surface area contributed by atoms with E-state index in [1.54, 1.807) is 4.57 Å². The maximum atomic E-state index is 13.0. The Balaban J connectivity index is 1.72. The molecule has 188 valence electrons. The predicted molar refractivity (Wildman–Crippen MR) is 129 cm³/mol. The van der Waals surface area contributed by atoms with Gasteiger partial charge >= 0.3 is 11.7 Å². The van der Waals surface area contributed by atoms with E-state index in [4.69, 9.17) is 4.74 Å². The first-order valence-corrected chi connectivity index (χ1v) is 11.6. The number of benzene rings is 1. The second-order valence-corrected chi connectivity index (χ2v) is 8.68. The Morgan fingerprint density at radius 2 is 1.89 bits per heavy atom. The van der Waals surface area contributed by atoms with Gasteiger partial charge in [-0.3, -0.25) is 23.9 Å². The molecule has 2 heterocycles. The summed E-state index contributed by atoms with van der Waals surface area (Å²) in [6.07, 6.45) is 1.72. The zero-order valence-corrected chi connectivity index (χ0v) is 20.1. The Morgan fingerprint density at radius 3 is 2.54 bits per heavy atom. The Bertz CT molecular complexity index is 1310. The van der Waals surface area contributed by atoms with Gasteiger partial charge in [0.2, 0.25) is 0 Å². The average Bonchev–Trinajstić information content (AvgIpc) is 3.15. The highest BCUT2D eigenvalue weighted by Crippen LogP contribution is 2.16. The van der Waals surface area contributed by atoms with E-state index in [2.05, 4.69) is 15.3 Å². The first-order chi connectivity index (χ1) is 16.7. The van der Waals surface area contributed by atoms with Crippen molar-refractivity contribution in [3.05, 3.63) is 56.7 Å². The van der Waals surface area contributed by atoms with Crippen molar-refractivity contribution >= 4 is 28.7 Å². The lowest BCUT2D eigenvalue weighted by atomic mass is 10.2. The van der Waals surface area contributed by atoms with Gasteiger partial charge in [0.15, 0.2) is 17.8 Å². The topological polar surface area (TPSA) is 128 Å². The fourth-order valence-corrected chi connectivity index (χ4v) is 3.66. The number of aryl methyl sites for hydroxylation is 2. The van der Waals surface area contributed by atoms with Crippen LogP contribution in [0.3, 0.4) is 0 Å². The number of halogens is 1. The molecule has 0 unspecified atom stereocenters. The second-order valence-electron chi connectivity index (χ2n) is 8.68. The van der Waals surface area contributed by atoms with Crippen LogP contribution in [0.25, 0.3) is 11.2 Å². The molecule has 11 heteroatoms. The number of nitrogens with one attached hydrogen (secondary N) is 2. The smallest absolute Gasteiger partial charge is 0.330 e. The van der Waals surface area contributed by atoms with Gasteiger partial charge in [-0.25, -0.2) is 14.2 Å². The maximum Gasteiger partial charge on any atom is 0.330 e. The number of aromatic amines is 1. The van der Waals surface area contributed by atoms with Crippen LogP contribution < -0.4 is 16.6 Å². The summed E-state index contributed by atoms with van der Waals surface area (Å²) in [5.41, 5.74) is -0.0407. The van der Waals surface area contributed by atoms with Crippen LogP contribution in [0.1, 0.15) is 45.9 Å². The largest absolute Gasteiger partial charge is 0.456 e. The normalized spacial score (nSPS) is 11.2. The summed E-state index contributed by atoms with van der Waals surface area (Å²) in [7, 11) is 0. The number of unbranched alkanes of at least 4 members (excludes halogenated alkanes) is 1. The van der Waals surface area contributed by atoms with Gasteiger partial charge in [0.05, 0.1) is 6.42 Å². The van der Waals surface area contributed by atoms with Gasteiger partial charge in [-0.2, -0.15) is 0 Å². The molecule has 0 fully saturated rings. The van der Waals surface area contributed by atoms with Gasteiger partial charge in [-0.15, -0.1) is 0 Å². The fourth-order valence-electron chi connectivity index (χ4n) is 3.66. The molecule has 3 aromatic rings. The van der Waals surface area contributed by atoms with Gasteiger partial charge < -0.3 is 14.6 Å². The number of ether oxygens (including phenoxy) is 1. The third kappa shape index (κ3) is 6.65. The molecule has 2 N–H and O–H groups in total. The Morgan fingerprint density at radius 1 is 1.17 bits per heavy atom. The third-order valence-electron chi connectivity index (χ3n) is 5.29. The molecule has 2 aromatic heterocycles. The van der Waals surface area contributed by atoms with E-state index < -0.39 is 35.5 Å². The van der Waals surface area contributed by atoms with Gasteiger partial charge in [-0.05, 0) is 36.6 Å². The minimum absolute atomic E-state index is 0.0671. The fraction of sp³-hybridized carbons (Fsp3) is 0.458. The molecule has 0 aliphatic heterocycles. The lowest BCUT2D eigenvalue weighted by Gasteiger charge is -2.11. The molecule has 0 aliphatic carbocycles. The predicted octanol–water partition coefficient (Wildman–Crippen LogP) is 2.60. The van der Waals surface area contributed by atoms with Crippen LogP contribution in [-0.2, 0) is 33.8 Å².